The Labute approximate surface area is 230 Å². The minimum atomic E-state index is -4.68. The maximum atomic E-state index is 14.3. The molecule has 0 atom stereocenters. The number of pyridine rings is 1. The molecule has 1 aliphatic carbocycles. The minimum absolute atomic E-state index is 0.0348. The van der Waals surface area contributed by atoms with E-state index in [2.05, 4.69) is 30.2 Å². The Kier molecular flexibility index (Phi) is 6.87. The molecule has 0 aliphatic heterocycles. The molecule has 2 N–H and O–H groups in total. The first kappa shape index (κ1) is 26.8. The van der Waals surface area contributed by atoms with Crippen LogP contribution in [-0.4, -0.2) is 53.8 Å². The molecule has 4 aromatic heterocycles. The van der Waals surface area contributed by atoms with Crippen LogP contribution >= 0.6 is 0 Å². The molecule has 6 rings (SSSR count). The fourth-order valence-corrected chi connectivity index (χ4v) is 4.66. The van der Waals surface area contributed by atoms with Gasteiger partial charge in [0.15, 0.2) is 5.82 Å². The standard InChI is InChI=1S/C27H24F4N8O2/c1-38-14-34-37-25(38)20-10-17(28)4-5-19(20)16-8-21(15-2-3-15)36-23(9-16)39-13-33-22-11-18(35-24(22)26(39)40)12-32-6-7-41-27(29,30)31/h4-5,8-11,13-15,32,35H,2-3,6-7,12H2,1H3. The number of hydrogen-bond acceptors (Lipinski definition) is 7. The Bertz CT molecular complexity index is 1790. The number of aryl methyl sites for hydroxylation is 1. The van der Waals surface area contributed by atoms with Crippen LogP contribution in [0.5, 0.6) is 0 Å². The quantitative estimate of drug-likeness (QED) is 0.202. The Morgan fingerprint density at radius 1 is 1.12 bits per heavy atom. The van der Waals surface area contributed by atoms with Crippen molar-refractivity contribution < 1.29 is 22.3 Å². The van der Waals surface area contributed by atoms with Crippen LogP contribution in [0.2, 0.25) is 0 Å². The second-order valence-corrected chi connectivity index (χ2v) is 9.81. The van der Waals surface area contributed by atoms with Gasteiger partial charge in [-0.15, -0.1) is 23.4 Å². The molecule has 1 aromatic carbocycles. The van der Waals surface area contributed by atoms with Gasteiger partial charge in [0, 0.05) is 43.0 Å². The monoisotopic (exact) mass is 568 g/mol. The van der Waals surface area contributed by atoms with Crippen LogP contribution in [0.4, 0.5) is 17.6 Å². The van der Waals surface area contributed by atoms with E-state index >= 15 is 0 Å². The lowest BCUT2D eigenvalue weighted by atomic mass is 9.98. The Hall–Kier alpha value is -4.43. The lowest BCUT2D eigenvalue weighted by Crippen LogP contribution is -2.24. The van der Waals surface area contributed by atoms with Crippen LogP contribution in [0, 0.1) is 5.82 Å². The van der Waals surface area contributed by atoms with E-state index in [1.165, 1.54) is 29.4 Å². The molecule has 5 aromatic rings. The molecule has 14 heteroatoms. The lowest BCUT2D eigenvalue weighted by Gasteiger charge is -2.13. The summed E-state index contributed by atoms with van der Waals surface area (Å²) in [6.45, 7) is -0.384. The predicted octanol–water partition coefficient (Wildman–Crippen LogP) is 4.21. The van der Waals surface area contributed by atoms with Gasteiger partial charge >= 0.3 is 6.36 Å². The number of hydrogen-bond donors (Lipinski definition) is 2. The van der Waals surface area contributed by atoms with Gasteiger partial charge in [0.05, 0.1) is 12.1 Å². The molecule has 1 aliphatic rings. The van der Waals surface area contributed by atoms with Gasteiger partial charge in [-0.05, 0) is 54.3 Å². The van der Waals surface area contributed by atoms with E-state index in [4.69, 9.17) is 4.98 Å². The van der Waals surface area contributed by atoms with Crippen LogP contribution < -0.4 is 10.9 Å². The van der Waals surface area contributed by atoms with Crippen molar-refractivity contribution in [3.8, 4) is 28.3 Å². The number of rotatable bonds is 9. The van der Waals surface area contributed by atoms with E-state index in [1.807, 2.05) is 6.07 Å². The topological polar surface area (TPSA) is 116 Å². The fourth-order valence-electron chi connectivity index (χ4n) is 4.66. The summed E-state index contributed by atoms with van der Waals surface area (Å²) in [6, 6.07) is 9.80. The Morgan fingerprint density at radius 3 is 2.68 bits per heavy atom. The Morgan fingerprint density at radius 2 is 1.95 bits per heavy atom. The number of nitrogens with zero attached hydrogens (tertiary/aromatic N) is 6. The summed E-state index contributed by atoms with van der Waals surface area (Å²) in [6.07, 6.45) is 0.194. The molecule has 0 radical (unpaired) electrons. The minimum Gasteiger partial charge on any atom is -0.351 e. The van der Waals surface area contributed by atoms with Crippen molar-refractivity contribution in [1.29, 1.82) is 0 Å². The summed E-state index contributed by atoms with van der Waals surface area (Å²) < 4.78 is 57.6. The normalized spacial score (nSPS) is 13.8. The van der Waals surface area contributed by atoms with Crippen LogP contribution in [0.1, 0.15) is 30.1 Å². The van der Waals surface area contributed by atoms with Gasteiger partial charge in [-0.2, -0.15) is 0 Å². The van der Waals surface area contributed by atoms with Crippen LogP contribution in [0.15, 0.2) is 53.8 Å². The maximum Gasteiger partial charge on any atom is 0.522 e. The van der Waals surface area contributed by atoms with Crippen LogP contribution in [0.25, 0.3) is 39.4 Å². The molecule has 1 saturated carbocycles. The zero-order valence-electron chi connectivity index (χ0n) is 21.7. The lowest BCUT2D eigenvalue weighted by molar-refractivity contribution is -0.323. The average molecular weight is 569 g/mol. The van der Waals surface area contributed by atoms with Crippen LogP contribution in [0.3, 0.4) is 0 Å². The number of aromatic amines is 1. The fraction of sp³-hybridized carbons (Fsp3) is 0.296. The van der Waals surface area contributed by atoms with Gasteiger partial charge < -0.3 is 14.9 Å². The molecule has 212 valence electrons. The SMILES string of the molecule is Cn1cnnc1-c1cc(F)ccc1-c1cc(C2CC2)nc(-n2cnc3cc(CNCCOC(F)(F)F)[nH]c3c2=O)c1. The first-order chi connectivity index (χ1) is 19.7. The third kappa shape index (κ3) is 5.74. The molecule has 0 unspecified atom stereocenters. The van der Waals surface area contributed by atoms with Gasteiger partial charge in [0.25, 0.3) is 5.56 Å². The zero-order valence-corrected chi connectivity index (χ0v) is 21.7. The summed E-state index contributed by atoms with van der Waals surface area (Å²) in [5.41, 5.74) is 3.64. The highest BCUT2D eigenvalue weighted by Crippen LogP contribution is 2.41. The highest BCUT2D eigenvalue weighted by Gasteiger charge is 2.29. The van der Waals surface area contributed by atoms with E-state index in [0.29, 0.717) is 34.0 Å². The third-order valence-electron chi connectivity index (χ3n) is 6.78. The van der Waals surface area contributed by atoms with Crippen molar-refractivity contribution >= 4 is 11.0 Å². The molecule has 1 fully saturated rings. The highest BCUT2D eigenvalue weighted by molar-refractivity contribution is 5.82. The molecule has 4 heterocycles. The largest absolute Gasteiger partial charge is 0.522 e. The predicted molar refractivity (Wildman–Crippen MR) is 141 cm³/mol. The van der Waals surface area contributed by atoms with Gasteiger partial charge in [-0.3, -0.25) is 9.53 Å². The number of ether oxygens (including phenoxy) is 1. The molecule has 0 amide bonds. The van der Waals surface area contributed by atoms with E-state index in [9.17, 15) is 22.4 Å². The molecule has 0 spiro atoms. The summed E-state index contributed by atoms with van der Waals surface area (Å²) in [5.74, 6) is 0.683. The highest BCUT2D eigenvalue weighted by atomic mass is 19.4. The van der Waals surface area contributed by atoms with Crippen molar-refractivity contribution in [3.05, 3.63) is 76.6 Å². The molecule has 41 heavy (non-hydrogen) atoms. The number of H-pyrrole nitrogens is 1. The second kappa shape index (κ2) is 10.5. The Balaban J connectivity index is 1.35. The van der Waals surface area contributed by atoms with Gasteiger partial charge in [-0.1, -0.05) is 6.07 Å². The van der Waals surface area contributed by atoms with Gasteiger partial charge in [0.1, 0.15) is 29.8 Å². The molecule has 0 saturated heterocycles. The number of halogens is 4. The summed E-state index contributed by atoms with van der Waals surface area (Å²) >= 11 is 0. The number of benzene rings is 1. The van der Waals surface area contributed by atoms with Crippen molar-refractivity contribution in [3.63, 3.8) is 0 Å². The smallest absolute Gasteiger partial charge is 0.351 e. The number of fused-ring (bicyclic) bond motifs is 1. The van der Waals surface area contributed by atoms with Crippen LogP contribution in [-0.2, 0) is 18.3 Å². The molecular formula is C27H24F4N8O2. The van der Waals surface area contributed by atoms with Crippen molar-refractivity contribution in [2.24, 2.45) is 7.05 Å². The second-order valence-electron chi connectivity index (χ2n) is 9.81. The summed E-state index contributed by atoms with van der Waals surface area (Å²) in [5, 5.41) is 10.9. The first-order valence-electron chi connectivity index (χ1n) is 12.8. The van der Waals surface area contributed by atoms with E-state index in [0.717, 1.165) is 24.1 Å². The number of nitrogens with one attached hydrogen (secondary N) is 2. The average Bonchev–Trinajstić information content (AvgIpc) is 3.56. The van der Waals surface area contributed by atoms with Gasteiger partial charge in [-0.25, -0.2) is 18.9 Å². The van der Waals surface area contributed by atoms with E-state index in [1.54, 1.807) is 29.8 Å². The van der Waals surface area contributed by atoms with Crippen molar-refractivity contribution in [2.45, 2.75) is 31.7 Å². The van der Waals surface area contributed by atoms with Gasteiger partial charge in [0.2, 0.25) is 0 Å². The third-order valence-corrected chi connectivity index (χ3v) is 6.78. The van der Waals surface area contributed by atoms with E-state index < -0.39 is 18.8 Å². The zero-order chi connectivity index (χ0) is 28.7. The van der Waals surface area contributed by atoms with Crippen molar-refractivity contribution in [1.82, 2.24) is 39.6 Å². The van der Waals surface area contributed by atoms with Crippen molar-refractivity contribution in [2.75, 3.05) is 13.2 Å². The first-order valence-corrected chi connectivity index (χ1v) is 12.8. The summed E-state index contributed by atoms with van der Waals surface area (Å²) in [7, 11) is 1.77. The number of alkyl halides is 3. The molecular weight excluding hydrogens is 544 g/mol. The maximum absolute atomic E-state index is 14.3. The number of aromatic nitrogens is 7. The summed E-state index contributed by atoms with van der Waals surface area (Å²) in [4.78, 5) is 25.7. The van der Waals surface area contributed by atoms with E-state index in [-0.39, 0.29) is 30.1 Å². The molecule has 10 nitrogen and oxygen atoms in total. The molecule has 0 bridgehead atoms.